The lowest BCUT2D eigenvalue weighted by atomic mass is 10.0. The third kappa shape index (κ3) is 3.66. The summed E-state index contributed by atoms with van der Waals surface area (Å²) in [4.78, 5) is 32.1. The molecule has 152 valence electrons. The van der Waals surface area contributed by atoms with Crippen LogP contribution in [0.2, 0.25) is 0 Å². The minimum Gasteiger partial charge on any atom is -0.324 e. The first kappa shape index (κ1) is 20.0. The SMILES string of the molecule is Cc1cc(C)c(NC(=O)[C@@H](C)n2cnc3sc(-c4ccccc4)cc3c2=O)c(C)c1. The van der Waals surface area contributed by atoms with Gasteiger partial charge in [-0.2, -0.15) is 0 Å². The van der Waals surface area contributed by atoms with Gasteiger partial charge in [0.2, 0.25) is 5.91 Å². The van der Waals surface area contributed by atoms with Gasteiger partial charge in [-0.25, -0.2) is 4.98 Å². The van der Waals surface area contributed by atoms with Crippen LogP contribution >= 0.6 is 11.3 Å². The van der Waals surface area contributed by atoms with Crippen LogP contribution in [-0.2, 0) is 4.79 Å². The summed E-state index contributed by atoms with van der Waals surface area (Å²) in [5.74, 6) is -0.244. The first-order valence-electron chi connectivity index (χ1n) is 9.80. The van der Waals surface area contributed by atoms with Crippen LogP contribution in [0.3, 0.4) is 0 Å². The largest absolute Gasteiger partial charge is 0.324 e. The molecule has 4 aromatic rings. The number of aryl methyl sites for hydroxylation is 3. The van der Waals surface area contributed by atoms with Crippen LogP contribution in [0.4, 0.5) is 5.69 Å². The van der Waals surface area contributed by atoms with Gasteiger partial charge in [0.15, 0.2) is 0 Å². The molecule has 0 spiro atoms. The highest BCUT2D eigenvalue weighted by Gasteiger charge is 2.20. The van der Waals surface area contributed by atoms with Crippen molar-refractivity contribution in [2.24, 2.45) is 0 Å². The summed E-state index contributed by atoms with van der Waals surface area (Å²) in [6.07, 6.45) is 1.47. The van der Waals surface area contributed by atoms with Gasteiger partial charge in [0, 0.05) is 10.6 Å². The highest BCUT2D eigenvalue weighted by molar-refractivity contribution is 7.21. The van der Waals surface area contributed by atoms with Gasteiger partial charge < -0.3 is 5.32 Å². The molecule has 1 amide bonds. The standard InChI is InChI=1S/C24H23N3O2S/c1-14-10-15(2)21(16(3)11-14)26-22(28)17(4)27-13-25-23-19(24(27)29)12-20(30-23)18-8-6-5-7-9-18/h5-13,17H,1-4H3,(H,26,28)/t17-/m1/s1. The van der Waals surface area contributed by atoms with Crippen LogP contribution in [0, 0.1) is 20.8 Å². The molecule has 0 unspecified atom stereocenters. The van der Waals surface area contributed by atoms with Gasteiger partial charge in [-0.1, -0.05) is 48.0 Å². The second-order valence-corrected chi connectivity index (χ2v) is 8.62. The number of nitrogens with one attached hydrogen (secondary N) is 1. The summed E-state index contributed by atoms with van der Waals surface area (Å²) in [6.45, 7) is 7.68. The molecule has 0 fully saturated rings. The van der Waals surface area contributed by atoms with Crippen molar-refractivity contribution in [2.45, 2.75) is 33.7 Å². The lowest BCUT2D eigenvalue weighted by Crippen LogP contribution is -2.31. The molecule has 30 heavy (non-hydrogen) atoms. The van der Waals surface area contributed by atoms with E-state index >= 15 is 0 Å². The fourth-order valence-electron chi connectivity index (χ4n) is 3.69. The molecule has 4 rings (SSSR count). The van der Waals surface area contributed by atoms with Crippen LogP contribution in [0.5, 0.6) is 0 Å². The molecule has 1 atom stereocenters. The van der Waals surface area contributed by atoms with E-state index in [1.165, 1.54) is 22.2 Å². The van der Waals surface area contributed by atoms with E-state index in [9.17, 15) is 9.59 Å². The second kappa shape index (κ2) is 7.88. The number of nitrogens with zero attached hydrogens (tertiary/aromatic N) is 2. The summed E-state index contributed by atoms with van der Waals surface area (Å²) < 4.78 is 1.40. The molecular formula is C24H23N3O2S. The summed E-state index contributed by atoms with van der Waals surface area (Å²) in [5.41, 5.74) is 4.77. The van der Waals surface area contributed by atoms with Crippen molar-refractivity contribution in [1.82, 2.24) is 9.55 Å². The van der Waals surface area contributed by atoms with E-state index in [2.05, 4.69) is 10.3 Å². The Morgan fingerprint density at radius 3 is 2.40 bits per heavy atom. The monoisotopic (exact) mass is 417 g/mol. The van der Waals surface area contributed by atoms with E-state index in [1.807, 2.05) is 69.3 Å². The Morgan fingerprint density at radius 1 is 1.07 bits per heavy atom. The number of thiophene rings is 1. The van der Waals surface area contributed by atoms with Crippen molar-refractivity contribution < 1.29 is 4.79 Å². The van der Waals surface area contributed by atoms with E-state index < -0.39 is 6.04 Å². The summed E-state index contributed by atoms with van der Waals surface area (Å²) in [6, 6.07) is 15.1. The number of benzene rings is 2. The van der Waals surface area contributed by atoms with Gasteiger partial charge in [-0.15, -0.1) is 11.3 Å². The maximum atomic E-state index is 13.1. The highest BCUT2D eigenvalue weighted by atomic mass is 32.1. The number of fused-ring (bicyclic) bond motifs is 1. The van der Waals surface area contributed by atoms with E-state index in [0.29, 0.717) is 10.2 Å². The van der Waals surface area contributed by atoms with Crippen molar-refractivity contribution in [3.63, 3.8) is 0 Å². The van der Waals surface area contributed by atoms with Crippen LogP contribution in [0.25, 0.3) is 20.7 Å². The lowest BCUT2D eigenvalue weighted by Gasteiger charge is -2.17. The van der Waals surface area contributed by atoms with Crippen molar-refractivity contribution in [3.05, 3.63) is 81.9 Å². The number of rotatable bonds is 4. The molecule has 1 N–H and O–H groups in total. The minimum atomic E-state index is -0.686. The average molecular weight is 418 g/mol. The summed E-state index contributed by atoms with van der Waals surface area (Å²) in [5, 5.41) is 3.52. The molecule has 0 aliphatic carbocycles. The van der Waals surface area contributed by atoms with Crippen molar-refractivity contribution in [3.8, 4) is 10.4 Å². The number of hydrogen-bond donors (Lipinski definition) is 1. The van der Waals surface area contributed by atoms with Gasteiger partial charge >= 0.3 is 0 Å². The predicted octanol–water partition coefficient (Wildman–Crippen LogP) is 5.25. The number of anilines is 1. The Hall–Kier alpha value is -3.25. The Kier molecular flexibility index (Phi) is 5.26. The van der Waals surface area contributed by atoms with Crippen LogP contribution < -0.4 is 10.9 Å². The van der Waals surface area contributed by atoms with E-state index in [1.54, 1.807) is 6.92 Å². The Balaban J connectivity index is 1.66. The number of aromatic nitrogens is 2. The Morgan fingerprint density at radius 2 is 1.73 bits per heavy atom. The molecule has 2 aromatic carbocycles. The first-order valence-corrected chi connectivity index (χ1v) is 10.6. The van der Waals surface area contributed by atoms with Gasteiger partial charge in [0.25, 0.3) is 5.56 Å². The molecule has 5 nitrogen and oxygen atoms in total. The zero-order valence-corrected chi connectivity index (χ0v) is 18.2. The van der Waals surface area contributed by atoms with Crippen molar-refractivity contribution >= 4 is 33.1 Å². The van der Waals surface area contributed by atoms with Gasteiger partial charge in [0.1, 0.15) is 10.9 Å². The van der Waals surface area contributed by atoms with Gasteiger partial charge in [0.05, 0.1) is 11.7 Å². The first-order chi connectivity index (χ1) is 14.3. The number of carbonyl (C=O) groups excluding carboxylic acids is 1. The summed E-state index contributed by atoms with van der Waals surface area (Å²) in [7, 11) is 0. The van der Waals surface area contributed by atoms with Gasteiger partial charge in [-0.05, 0) is 50.5 Å². The molecule has 0 saturated heterocycles. The Labute approximate surface area is 179 Å². The topological polar surface area (TPSA) is 64.0 Å². The number of hydrogen-bond acceptors (Lipinski definition) is 4. The molecular weight excluding hydrogens is 394 g/mol. The molecule has 0 saturated carbocycles. The van der Waals surface area contributed by atoms with Crippen LogP contribution in [-0.4, -0.2) is 15.5 Å². The number of carbonyl (C=O) groups is 1. The third-order valence-electron chi connectivity index (χ3n) is 5.26. The van der Waals surface area contributed by atoms with Crippen LogP contribution in [0.15, 0.2) is 59.7 Å². The third-order valence-corrected chi connectivity index (χ3v) is 6.35. The quantitative estimate of drug-likeness (QED) is 0.493. The molecule has 0 aliphatic rings. The Bertz CT molecular complexity index is 1280. The second-order valence-electron chi connectivity index (χ2n) is 7.59. The van der Waals surface area contributed by atoms with Crippen molar-refractivity contribution in [2.75, 3.05) is 5.32 Å². The fourth-order valence-corrected chi connectivity index (χ4v) is 4.68. The fraction of sp³-hybridized carbons (Fsp3) is 0.208. The zero-order valence-electron chi connectivity index (χ0n) is 17.4. The van der Waals surface area contributed by atoms with Crippen LogP contribution in [0.1, 0.15) is 29.7 Å². The van der Waals surface area contributed by atoms with E-state index in [0.717, 1.165) is 32.8 Å². The van der Waals surface area contributed by atoms with Crippen molar-refractivity contribution in [1.29, 1.82) is 0 Å². The summed E-state index contributed by atoms with van der Waals surface area (Å²) >= 11 is 1.48. The zero-order chi connectivity index (χ0) is 21.4. The lowest BCUT2D eigenvalue weighted by molar-refractivity contribution is -0.118. The maximum absolute atomic E-state index is 13.1. The highest BCUT2D eigenvalue weighted by Crippen LogP contribution is 2.31. The minimum absolute atomic E-state index is 0.210. The molecule has 0 aliphatic heterocycles. The van der Waals surface area contributed by atoms with E-state index in [4.69, 9.17) is 0 Å². The molecule has 2 aromatic heterocycles. The number of amides is 1. The molecule has 6 heteroatoms. The van der Waals surface area contributed by atoms with E-state index in [-0.39, 0.29) is 11.5 Å². The van der Waals surface area contributed by atoms with Gasteiger partial charge in [-0.3, -0.25) is 14.2 Å². The maximum Gasteiger partial charge on any atom is 0.262 e. The smallest absolute Gasteiger partial charge is 0.262 e. The molecule has 0 radical (unpaired) electrons. The average Bonchev–Trinajstić information content (AvgIpc) is 3.16. The predicted molar refractivity (Wildman–Crippen MR) is 123 cm³/mol. The normalized spacial score (nSPS) is 12.1. The molecule has 2 heterocycles. The molecule has 0 bridgehead atoms.